The molecule has 0 spiro atoms. The highest BCUT2D eigenvalue weighted by molar-refractivity contribution is 6.37. The van der Waals surface area contributed by atoms with E-state index in [1.54, 1.807) is 0 Å². The monoisotopic (exact) mass is 260 g/mol. The highest BCUT2D eigenvalue weighted by Gasteiger charge is 2.27. The first kappa shape index (κ1) is 13.3. The summed E-state index contributed by atoms with van der Waals surface area (Å²) >= 11 is 0. The smallest absolute Gasteiger partial charge is 0.352 e. The van der Waals surface area contributed by atoms with Crippen LogP contribution in [0.15, 0.2) is 17.2 Å². The Morgan fingerprint density at radius 1 is 1.21 bits per heavy atom. The summed E-state index contributed by atoms with van der Waals surface area (Å²) in [7, 11) is 0. The fraction of sp³-hybridized carbons (Fsp3) is 0.357. The minimum absolute atomic E-state index is 0.0268. The first-order chi connectivity index (χ1) is 8.90. The summed E-state index contributed by atoms with van der Waals surface area (Å²) in [5, 5.41) is 14.2. The number of hydrazone groups is 1. The van der Waals surface area contributed by atoms with Crippen molar-refractivity contribution in [2.24, 2.45) is 5.10 Å². The molecule has 0 atom stereocenters. The van der Waals surface area contributed by atoms with Crippen molar-refractivity contribution >= 4 is 23.3 Å². The molecule has 5 nitrogen and oxygen atoms in total. The van der Waals surface area contributed by atoms with Crippen molar-refractivity contribution in [2.45, 2.75) is 33.6 Å². The van der Waals surface area contributed by atoms with E-state index in [0.717, 1.165) is 16.7 Å². The zero-order valence-electron chi connectivity index (χ0n) is 11.2. The summed E-state index contributed by atoms with van der Waals surface area (Å²) in [6, 6.07) is 3.92. The Bertz CT molecular complexity index is 567. The van der Waals surface area contributed by atoms with Crippen molar-refractivity contribution in [1.82, 2.24) is 0 Å². The summed E-state index contributed by atoms with van der Waals surface area (Å²) in [5.41, 5.74) is 3.65. The molecule has 1 N–H and O–H groups in total. The van der Waals surface area contributed by atoms with Gasteiger partial charge >= 0.3 is 5.97 Å². The number of carbonyl (C=O) groups excluding carboxylic acids is 1. The minimum Gasteiger partial charge on any atom is -0.477 e. The second-order valence-corrected chi connectivity index (χ2v) is 4.80. The molecule has 5 heteroatoms. The van der Waals surface area contributed by atoms with Crippen LogP contribution in [0.5, 0.6) is 0 Å². The maximum Gasteiger partial charge on any atom is 0.352 e. The van der Waals surface area contributed by atoms with Crippen LogP contribution in [0.25, 0.3) is 0 Å². The SMILES string of the molecule is Cc1cc(C)c(N2N=C(C(=O)O)CCC2=O)c(C)c1. The molecule has 0 saturated heterocycles. The van der Waals surface area contributed by atoms with Crippen LogP contribution in [0, 0.1) is 20.8 Å². The Balaban J connectivity index is 2.53. The summed E-state index contributed by atoms with van der Waals surface area (Å²) in [6.45, 7) is 5.77. The minimum atomic E-state index is -1.07. The number of carboxylic acid groups (broad SMARTS) is 1. The molecule has 0 fully saturated rings. The standard InChI is InChI=1S/C14H16N2O3/c1-8-6-9(2)13(10(3)7-8)16-12(17)5-4-11(15-16)14(18)19/h6-7H,4-5H2,1-3H3,(H,18,19). The molecule has 2 rings (SSSR count). The molecule has 1 heterocycles. The average Bonchev–Trinajstić information content (AvgIpc) is 2.29. The second-order valence-electron chi connectivity index (χ2n) is 4.80. The summed E-state index contributed by atoms with van der Waals surface area (Å²) < 4.78 is 0. The van der Waals surface area contributed by atoms with Gasteiger partial charge in [-0.15, -0.1) is 0 Å². The van der Waals surface area contributed by atoms with E-state index < -0.39 is 5.97 Å². The number of anilines is 1. The lowest BCUT2D eigenvalue weighted by atomic mass is 10.0. The normalized spacial score (nSPS) is 15.4. The number of benzene rings is 1. The van der Waals surface area contributed by atoms with Gasteiger partial charge in [-0.2, -0.15) is 10.1 Å². The summed E-state index contributed by atoms with van der Waals surface area (Å²) in [6.07, 6.45) is 0.368. The van der Waals surface area contributed by atoms with Crippen LogP contribution in [-0.4, -0.2) is 22.7 Å². The largest absolute Gasteiger partial charge is 0.477 e. The van der Waals surface area contributed by atoms with Gasteiger partial charge in [0.1, 0.15) is 5.71 Å². The predicted molar refractivity (Wildman–Crippen MR) is 72.4 cm³/mol. The van der Waals surface area contributed by atoms with Gasteiger partial charge in [0.2, 0.25) is 5.91 Å². The molecule has 0 saturated carbocycles. The Morgan fingerprint density at radius 3 is 2.32 bits per heavy atom. The Kier molecular flexibility index (Phi) is 3.38. The van der Waals surface area contributed by atoms with Crippen LogP contribution < -0.4 is 5.01 Å². The van der Waals surface area contributed by atoms with Gasteiger partial charge in [0, 0.05) is 12.8 Å². The third kappa shape index (κ3) is 2.50. The Morgan fingerprint density at radius 2 is 1.79 bits per heavy atom. The highest BCUT2D eigenvalue weighted by atomic mass is 16.4. The molecule has 1 aromatic rings. The van der Waals surface area contributed by atoms with Crippen molar-refractivity contribution in [2.75, 3.05) is 5.01 Å². The van der Waals surface area contributed by atoms with Crippen LogP contribution in [-0.2, 0) is 9.59 Å². The van der Waals surface area contributed by atoms with Gasteiger partial charge in [-0.25, -0.2) is 4.79 Å². The number of carboxylic acids is 1. The molecule has 0 unspecified atom stereocenters. The molecule has 1 aliphatic heterocycles. The maximum absolute atomic E-state index is 12.0. The first-order valence-electron chi connectivity index (χ1n) is 6.11. The molecular formula is C14H16N2O3. The van der Waals surface area contributed by atoms with Crippen LogP contribution in [0.4, 0.5) is 5.69 Å². The van der Waals surface area contributed by atoms with E-state index in [2.05, 4.69) is 5.10 Å². The number of hydrogen-bond acceptors (Lipinski definition) is 3. The number of carbonyl (C=O) groups is 2. The number of hydrogen-bond donors (Lipinski definition) is 1. The average molecular weight is 260 g/mol. The van der Waals surface area contributed by atoms with Crippen molar-refractivity contribution < 1.29 is 14.7 Å². The molecule has 1 aliphatic rings. The molecule has 19 heavy (non-hydrogen) atoms. The van der Waals surface area contributed by atoms with Crippen molar-refractivity contribution in [1.29, 1.82) is 0 Å². The van der Waals surface area contributed by atoms with Crippen LogP contribution >= 0.6 is 0 Å². The quantitative estimate of drug-likeness (QED) is 0.886. The van der Waals surface area contributed by atoms with Gasteiger partial charge in [0.15, 0.2) is 0 Å². The van der Waals surface area contributed by atoms with E-state index in [-0.39, 0.29) is 24.5 Å². The molecule has 1 amide bonds. The fourth-order valence-electron chi connectivity index (χ4n) is 2.39. The molecule has 0 aromatic heterocycles. The molecular weight excluding hydrogens is 244 g/mol. The van der Waals surface area contributed by atoms with Crippen molar-refractivity contribution in [3.8, 4) is 0 Å². The fourth-order valence-corrected chi connectivity index (χ4v) is 2.39. The topological polar surface area (TPSA) is 70.0 Å². The number of rotatable bonds is 2. The molecule has 0 radical (unpaired) electrons. The van der Waals surface area contributed by atoms with Gasteiger partial charge in [0.05, 0.1) is 5.69 Å². The van der Waals surface area contributed by atoms with Gasteiger partial charge in [-0.05, 0) is 31.9 Å². The van der Waals surface area contributed by atoms with Crippen LogP contribution in [0.2, 0.25) is 0 Å². The maximum atomic E-state index is 12.0. The van der Waals surface area contributed by atoms with Gasteiger partial charge in [-0.1, -0.05) is 17.7 Å². The lowest BCUT2D eigenvalue weighted by Gasteiger charge is -2.25. The molecule has 0 aliphatic carbocycles. The van der Waals surface area contributed by atoms with Crippen molar-refractivity contribution in [3.05, 3.63) is 28.8 Å². The van der Waals surface area contributed by atoms with E-state index in [0.29, 0.717) is 5.69 Å². The zero-order valence-corrected chi connectivity index (χ0v) is 11.2. The third-order valence-corrected chi connectivity index (χ3v) is 3.13. The van der Waals surface area contributed by atoms with E-state index in [1.807, 2.05) is 32.9 Å². The van der Waals surface area contributed by atoms with Gasteiger partial charge in [-0.3, -0.25) is 4.79 Å². The van der Waals surface area contributed by atoms with Gasteiger partial charge < -0.3 is 5.11 Å². The van der Waals surface area contributed by atoms with E-state index in [4.69, 9.17) is 5.11 Å². The number of aliphatic carboxylic acids is 1. The molecule has 0 bridgehead atoms. The van der Waals surface area contributed by atoms with E-state index in [9.17, 15) is 9.59 Å². The van der Waals surface area contributed by atoms with Crippen LogP contribution in [0.1, 0.15) is 29.5 Å². The van der Waals surface area contributed by atoms with Gasteiger partial charge in [0.25, 0.3) is 0 Å². The van der Waals surface area contributed by atoms with Crippen LogP contribution in [0.3, 0.4) is 0 Å². The lowest BCUT2D eigenvalue weighted by molar-refractivity contribution is -0.129. The highest BCUT2D eigenvalue weighted by Crippen LogP contribution is 2.29. The summed E-state index contributed by atoms with van der Waals surface area (Å²) in [5.74, 6) is -1.24. The molecule has 1 aromatic carbocycles. The number of aryl methyl sites for hydroxylation is 3. The predicted octanol–water partition coefficient (Wildman–Crippen LogP) is 2.18. The second kappa shape index (κ2) is 4.84. The Labute approximate surface area is 111 Å². The van der Waals surface area contributed by atoms with E-state index >= 15 is 0 Å². The first-order valence-corrected chi connectivity index (χ1v) is 6.11. The Hall–Kier alpha value is -2.17. The van der Waals surface area contributed by atoms with E-state index in [1.165, 1.54) is 5.01 Å². The molecule has 100 valence electrons. The lowest BCUT2D eigenvalue weighted by Crippen LogP contribution is -2.35. The number of amides is 1. The summed E-state index contributed by atoms with van der Waals surface area (Å²) in [4.78, 5) is 23.0. The van der Waals surface area contributed by atoms with Crippen molar-refractivity contribution in [3.63, 3.8) is 0 Å². The zero-order chi connectivity index (χ0) is 14.2. The number of nitrogens with zero attached hydrogens (tertiary/aromatic N) is 2. The third-order valence-electron chi connectivity index (χ3n) is 3.13.